The van der Waals surface area contributed by atoms with E-state index >= 15 is 0 Å². The van der Waals surface area contributed by atoms with Crippen LogP contribution in [0.25, 0.3) is 0 Å². The van der Waals surface area contributed by atoms with Gasteiger partial charge in [-0.15, -0.1) is 0 Å². The van der Waals surface area contributed by atoms with E-state index in [1.807, 2.05) is 30.3 Å². The van der Waals surface area contributed by atoms with Crippen molar-refractivity contribution >= 4 is 40.5 Å². The number of amides is 1. The van der Waals surface area contributed by atoms with Crippen LogP contribution in [0.5, 0.6) is 0 Å². The Labute approximate surface area is 186 Å². The Balaban J connectivity index is 1.80. The fourth-order valence-electron chi connectivity index (χ4n) is 3.64. The number of nitrogens with one attached hydrogen (secondary N) is 1. The lowest BCUT2D eigenvalue weighted by Crippen LogP contribution is -2.33. The standard InChI is InChI=1S/C23H26ClN3O4/c24-17-9-10-20-21(16-17)26(13-4-3-11-25-12-5-8-22(29)30)19-7-2-1-6-18(19)23(31)27(20)14-15-28/h1-2,5-10,16,25,28H,3-4,11-15H2,(H,29,30)/b8-5+. The van der Waals surface area contributed by atoms with Crippen molar-refractivity contribution in [1.29, 1.82) is 0 Å². The van der Waals surface area contributed by atoms with Gasteiger partial charge in [-0.3, -0.25) is 4.79 Å². The second kappa shape index (κ2) is 10.9. The molecule has 164 valence electrons. The van der Waals surface area contributed by atoms with Crippen molar-refractivity contribution in [3.8, 4) is 0 Å². The van der Waals surface area contributed by atoms with Crippen molar-refractivity contribution in [3.05, 3.63) is 65.2 Å². The minimum atomic E-state index is -0.955. The molecule has 31 heavy (non-hydrogen) atoms. The average Bonchev–Trinajstić information content (AvgIpc) is 2.84. The number of β-amino-alcohol motifs (C(OH)–C–C–N with tert-alkyl or cyclic N) is 1. The summed E-state index contributed by atoms with van der Waals surface area (Å²) in [6, 6.07) is 12.9. The zero-order valence-corrected chi connectivity index (χ0v) is 17.9. The number of carbonyl (C=O) groups excluding carboxylic acids is 1. The van der Waals surface area contributed by atoms with Gasteiger partial charge in [-0.2, -0.15) is 0 Å². The van der Waals surface area contributed by atoms with E-state index in [0.717, 1.165) is 42.5 Å². The maximum Gasteiger partial charge on any atom is 0.328 e. The Morgan fingerprint density at radius 1 is 1.03 bits per heavy atom. The number of para-hydroxylation sites is 1. The number of aliphatic hydroxyl groups is 1. The van der Waals surface area contributed by atoms with Crippen LogP contribution in [0, 0.1) is 0 Å². The summed E-state index contributed by atoms with van der Waals surface area (Å²) in [7, 11) is 0. The van der Waals surface area contributed by atoms with Gasteiger partial charge in [0.05, 0.1) is 29.2 Å². The van der Waals surface area contributed by atoms with Crippen molar-refractivity contribution in [2.75, 3.05) is 42.6 Å². The van der Waals surface area contributed by atoms with E-state index in [-0.39, 0.29) is 19.1 Å². The molecular formula is C23H26ClN3O4. The highest BCUT2D eigenvalue weighted by Gasteiger charge is 2.30. The first-order valence-corrected chi connectivity index (χ1v) is 10.6. The molecule has 8 heteroatoms. The van der Waals surface area contributed by atoms with Crippen LogP contribution in [0.15, 0.2) is 54.6 Å². The molecule has 3 N–H and O–H groups in total. The third-order valence-electron chi connectivity index (χ3n) is 5.02. The molecule has 1 amide bonds. The molecule has 0 bridgehead atoms. The van der Waals surface area contributed by atoms with Crippen LogP contribution in [0.3, 0.4) is 0 Å². The molecule has 2 aromatic carbocycles. The van der Waals surface area contributed by atoms with E-state index in [2.05, 4.69) is 10.2 Å². The molecule has 1 aliphatic rings. The molecule has 2 aromatic rings. The molecule has 0 unspecified atom stereocenters. The second-order valence-corrected chi connectivity index (χ2v) is 7.57. The van der Waals surface area contributed by atoms with Gasteiger partial charge in [0.1, 0.15) is 0 Å². The topological polar surface area (TPSA) is 93.1 Å². The molecule has 0 saturated heterocycles. The summed E-state index contributed by atoms with van der Waals surface area (Å²) >= 11 is 6.30. The van der Waals surface area contributed by atoms with Crippen LogP contribution in [0.4, 0.5) is 17.1 Å². The average molecular weight is 444 g/mol. The predicted octanol–water partition coefficient (Wildman–Crippen LogP) is 3.44. The quantitative estimate of drug-likeness (QED) is 0.385. The van der Waals surface area contributed by atoms with Crippen molar-refractivity contribution in [3.63, 3.8) is 0 Å². The molecule has 3 rings (SSSR count). The summed E-state index contributed by atoms with van der Waals surface area (Å²) in [5.41, 5.74) is 2.95. The Morgan fingerprint density at radius 2 is 1.84 bits per heavy atom. The zero-order valence-electron chi connectivity index (χ0n) is 17.1. The lowest BCUT2D eigenvalue weighted by molar-refractivity contribution is -0.131. The van der Waals surface area contributed by atoms with Crippen LogP contribution in [-0.2, 0) is 4.79 Å². The number of carbonyl (C=O) groups is 2. The number of hydrogen-bond donors (Lipinski definition) is 3. The van der Waals surface area contributed by atoms with E-state index in [4.69, 9.17) is 16.7 Å². The number of anilines is 3. The first-order chi connectivity index (χ1) is 15.0. The highest BCUT2D eigenvalue weighted by Crippen LogP contribution is 2.42. The smallest absolute Gasteiger partial charge is 0.328 e. The summed E-state index contributed by atoms with van der Waals surface area (Å²) < 4.78 is 0. The lowest BCUT2D eigenvalue weighted by Gasteiger charge is -2.27. The Bertz CT molecular complexity index is 964. The number of halogens is 1. The molecule has 7 nitrogen and oxygen atoms in total. The number of aliphatic hydroxyl groups excluding tert-OH is 1. The monoisotopic (exact) mass is 443 g/mol. The number of nitrogens with zero attached hydrogens (tertiary/aromatic N) is 2. The van der Waals surface area contributed by atoms with E-state index in [9.17, 15) is 14.7 Å². The number of hydrogen-bond acceptors (Lipinski definition) is 5. The largest absolute Gasteiger partial charge is 0.478 e. The number of carboxylic acid groups (broad SMARTS) is 1. The number of aliphatic carboxylic acids is 1. The van der Waals surface area contributed by atoms with Gasteiger partial charge in [-0.05, 0) is 49.7 Å². The summed E-state index contributed by atoms with van der Waals surface area (Å²) in [5.74, 6) is -1.11. The van der Waals surface area contributed by atoms with E-state index in [1.165, 1.54) is 0 Å². The maximum atomic E-state index is 13.2. The van der Waals surface area contributed by atoms with Gasteiger partial charge < -0.3 is 25.3 Å². The summed E-state index contributed by atoms with van der Waals surface area (Å²) in [6.45, 7) is 1.98. The third-order valence-corrected chi connectivity index (χ3v) is 5.26. The van der Waals surface area contributed by atoms with Crippen molar-refractivity contribution in [2.24, 2.45) is 0 Å². The van der Waals surface area contributed by atoms with Gasteiger partial charge in [0.25, 0.3) is 5.91 Å². The van der Waals surface area contributed by atoms with Crippen LogP contribution in [0.1, 0.15) is 23.2 Å². The van der Waals surface area contributed by atoms with Crippen LogP contribution >= 0.6 is 11.6 Å². The molecule has 0 aliphatic carbocycles. The normalized spacial score (nSPS) is 13.3. The van der Waals surface area contributed by atoms with Crippen molar-refractivity contribution < 1.29 is 19.8 Å². The Morgan fingerprint density at radius 3 is 2.61 bits per heavy atom. The minimum Gasteiger partial charge on any atom is -0.478 e. The van der Waals surface area contributed by atoms with Gasteiger partial charge in [0.15, 0.2) is 0 Å². The molecular weight excluding hydrogens is 418 g/mol. The van der Waals surface area contributed by atoms with Gasteiger partial charge in [-0.1, -0.05) is 29.8 Å². The predicted molar refractivity (Wildman–Crippen MR) is 123 cm³/mol. The Hall–Kier alpha value is -2.87. The zero-order chi connectivity index (χ0) is 22.2. The minimum absolute atomic E-state index is 0.141. The van der Waals surface area contributed by atoms with Crippen LogP contribution < -0.4 is 15.1 Å². The van der Waals surface area contributed by atoms with Crippen LogP contribution in [0.2, 0.25) is 5.02 Å². The maximum absolute atomic E-state index is 13.2. The van der Waals surface area contributed by atoms with Crippen molar-refractivity contribution in [2.45, 2.75) is 12.8 Å². The number of fused-ring (bicyclic) bond motifs is 2. The molecule has 0 spiro atoms. The lowest BCUT2D eigenvalue weighted by atomic mass is 10.1. The first-order valence-electron chi connectivity index (χ1n) is 10.2. The van der Waals surface area contributed by atoms with Gasteiger partial charge in [-0.25, -0.2) is 4.79 Å². The fourth-order valence-corrected chi connectivity index (χ4v) is 3.81. The van der Waals surface area contributed by atoms with Crippen molar-refractivity contribution in [1.82, 2.24) is 5.32 Å². The summed E-state index contributed by atoms with van der Waals surface area (Å²) in [6.07, 6.45) is 4.43. The fraction of sp³-hybridized carbons (Fsp3) is 0.304. The second-order valence-electron chi connectivity index (χ2n) is 7.13. The Kier molecular flexibility index (Phi) is 8.06. The highest BCUT2D eigenvalue weighted by atomic mass is 35.5. The van der Waals surface area contributed by atoms with Gasteiger partial charge in [0, 0.05) is 30.7 Å². The summed E-state index contributed by atoms with van der Waals surface area (Å²) in [4.78, 5) is 27.4. The first kappa shape index (κ1) is 22.8. The van der Waals surface area contributed by atoms with E-state index in [1.54, 1.807) is 23.1 Å². The molecule has 0 saturated carbocycles. The van der Waals surface area contributed by atoms with Gasteiger partial charge >= 0.3 is 5.97 Å². The van der Waals surface area contributed by atoms with E-state index < -0.39 is 5.97 Å². The SMILES string of the molecule is O=C(O)/C=C/CNCCCCN1c2ccccc2C(=O)N(CCO)c2ccc(Cl)cc21. The number of benzene rings is 2. The molecule has 0 radical (unpaired) electrons. The number of carboxylic acids is 1. The van der Waals surface area contributed by atoms with Gasteiger partial charge in [0.2, 0.25) is 0 Å². The molecule has 1 aliphatic heterocycles. The van der Waals surface area contributed by atoms with Crippen LogP contribution in [-0.4, -0.2) is 54.9 Å². The highest BCUT2D eigenvalue weighted by molar-refractivity contribution is 6.31. The van der Waals surface area contributed by atoms with E-state index in [0.29, 0.717) is 23.7 Å². The molecule has 1 heterocycles. The molecule has 0 fully saturated rings. The summed E-state index contributed by atoms with van der Waals surface area (Å²) in [5, 5.41) is 21.9. The number of rotatable bonds is 10. The third kappa shape index (κ3) is 5.64. The number of unbranched alkanes of at least 4 members (excludes halogenated alkanes) is 1. The molecule has 0 atom stereocenters. The molecule has 0 aromatic heterocycles.